The minimum atomic E-state index is -0.471. The van der Waals surface area contributed by atoms with Crippen molar-refractivity contribution in [1.82, 2.24) is 4.98 Å². The monoisotopic (exact) mass is 490 g/mol. The maximum absolute atomic E-state index is 13.9. The molecule has 0 saturated carbocycles. The average molecular weight is 491 g/mol. The van der Waals surface area contributed by atoms with Gasteiger partial charge in [-0.05, 0) is 69.7 Å². The number of carbonyl (C=O) groups excluding carboxylic acids is 2. The highest BCUT2D eigenvalue weighted by Crippen LogP contribution is 2.39. The molecule has 1 aliphatic carbocycles. The summed E-state index contributed by atoms with van der Waals surface area (Å²) in [4.78, 5) is 32.1. The first-order valence-electron chi connectivity index (χ1n) is 10.9. The molecule has 0 aliphatic heterocycles. The molecule has 0 spiro atoms. The number of amides is 1. The number of hydrogen-bond donors (Lipinski definition) is 0. The first-order valence-corrected chi connectivity index (χ1v) is 11.7. The lowest BCUT2D eigenvalue weighted by Crippen LogP contribution is -2.34. The van der Waals surface area contributed by atoms with Crippen LogP contribution >= 0.6 is 23.2 Å². The summed E-state index contributed by atoms with van der Waals surface area (Å²) in [7, 11) is 1.33. The molecule has 0 unspecified atom stereocenters. The number of methoxy groups -OCH3 is 1. The zero-order chi connectivity index (χ0) is 24.1. The second-order valence-electron chi connectivity index (χ2n) is 8.25. The van der Waals surface area contributed by atoms with Gasteiger partial charge in [0, 0.05) is 29.6 Å². The lowest BCUT2D eigenvalue weighted by molar-refractivity contribution is -0.136. The first kappa shape index (κ1) is 25.1. The number of esters is 1. The van der Waals surface area contributed by atoms with Crippen LogP contribution in [0.5, 0.6) is 5.75 Å². The smallest absolute Gasteiger partial charge is 0.334 e. The third-order valence-electron chi connectivity index (χ3n) is 5.53. The number of ether oxygens (including phenoxy) is 2. The summed E-state index contributed by atoms with van der Waals surface area (Å²) in [5.74, 6) is -0.336. The van der Waals surface area contributed by atoms with E-state index in [9.17, 15) is 9.59 Å². The standard InChI is InChI=1S/C25H28Cl2N2O4/c1-15(2)33-23-12-22(20(26)11-21(23)27)29(14-17-13-28-10-9-16(17)3)24(30)18-7-5-6-8-19(18)25(31)32-4/h9-13,15H,5-8,14H2,1-4H3. The Kier molecular flexibility index (Phi) is 8.38. The number of pyridine rings is 1. The molecule has 0 bridgehead atoms. The van der Waals surface area contributed by atoms with E-state index in [-0.39, 0.29) is 18.6 Å². The van der Waals surface area contributed by atoms with Crippen LogP contribution in [-0.2, 0) is 20.9 Å². The normalized spacial score (nSPS) is 13.8. The first-order chi connectivity index (χ1) is 15.7. The van der Waals surface area contributed by atoms with Gasteiger partial charge in [0.25, 0.3) is 5.91 Å². The van der Waals surface area contributed by atoms with E-state index in [0.29, 0.717) is 45.5 Å². The lowest BCUT2D eigenvalue weighted by Gasteiger charge is -2.29. The van der Waals surface area contributed by atoms with Crippen LogP contribution in [0.2, 0.25) is 10.0 Å². The van der Waals surface area contributed by atoms with E-state index in [1.54, 1.807) is 29.4 Å². The second-order valence-corrected chi connectivity index (χ2v) is 9.06. The van der Waals surface area contributed by atoms with Crippen LogP contribution in [0.15, 0.2) is 41.7 Å². The van der Waals surface area contributed by atoms with Crippen LogP contribution in [0.1, 0.15) is 50.7 Å². The third-order valence-corrected chi connectivity index (χ3v) is 6.13. The number of rotatable bonds is 7. The zero-order valence-corrected chi connectivity index (χ0v) is 20.8. The largest absolute Gasteiger partial charge is 0.489 e. The van der Waals surface area contributed by atoms with Gasteiger partial charge in [0.15, 0.2) is 0 Å². The molecule has 1 aromatic carbocycles. The molecule has 0 saturated heterocycles. The Morgan fingerprint density at radius 1 is 1.12 bits per heavy atom. The fourth-order valence-electron chi connectivity index (χ4n) is 3.82. The summed E-state index contributed by atoms with van der Waals surface area (Å²) in [6, 6.07) is 5.13. The minimum Gasteiger partial charge on any atom is -0.489 e. The van der Waals surface area contributed by atoms with Gasteiger partial charge in [-0.15, -0.1) is 0 Å². The predicted octanol–water partition coefficient (Wildman–Crippen LogP) is 6.06. The van der Waals surface area contributed by atoms with Gasteiger partial charge in [-0.25, -0.2) is 4.79 Å². The Morgan fingerprint density at radius 3 is 2.45 bits per heavy atom. The van der Waals surface area contributed by atoms with Crippen molar-refractivity contribution in [1.29, 1.82) is 0 Å². The average Bonchev–Trinajstić information content (AvgIpc) is 2.79. The van der Waals surface area contributed by atoms with Crippen molar-refractivity contribution in [2.75, 3.05) is 12.0 Å². The fraction of sp³-hybridized carbons (Fsp3) is 0.400. The maximum atomic E-state index is 13.9. The SMILES string of the molecule is COC(=O)C1=C(C(=O)N(Cc2cnccc2C)c2cc(OC(C)C)c(Cl)cc2Cl)CCCC1. The van der Waals surface area contributed by atoms with Gasteiger partial charge in [-0.1, -0.05) is 23.2 Å². The molecule has 1 amide bonds. The van der Waals surface area contributed by atoms with Crippen LogP contribution in [0.25, 0.3) is 0 Å². The van der Waals surface area contributed by atoms with E-state index in [1.165, 1.54) is 7.11 Å². The van der Waals surface area contributed by atoms with Gasteiger partial charge in [0.05, 0.1) is 35.5 Å². The molecule has 1 heterocycles. The van der Waals surface area contributed by atoms with Gasteiger partial charge in [-0.2, -0.15) is 0 Å². The Hall–Kier alpha value is -2.57. The highest BCUT2D eigenvalue weighted by Gasteiger charge is 2.30. The second kappa shape index (κ2) is 11.0. The van der Waals surface area contributed by atoms with E-state index >= 15 is 0 Å². The van der Waals surface area contributed by atoms with Crippen LogP contribution < -0.4 is 9.64 Å². The molecule has 2 aromatic rings. The summed E-state index contributed by atoms with van der Waals surface area (Å²) < 4.78 is 10.8. The molecular weight excluding hydrogens is 463 g/mol. The van der Waals surface area contributed by atoms with Crippen LogP contribution in [0.3, 0.4) is 0 Å². The van der Waals surface area contributed by atoms with Crippen LogP contribution in [-0.4, -0.2) is 30.1 Å². The van der Waals surface area contributed by atoms with Gasteiger partial charge < -0.3 is 14.4 Å². The highest BCUT2D eigenvalue weighted by molar-refractivity contribution is 6.37. The molecule has 33 heavy (non-hydrogen) atoms. The predicted molar refractivity (Wildman–Crippen MR) is 130 cm³/mol. The van der Waals surface area contributed by atoms with Crippen molar-refractivity contribution in [2.24, 2.45) is 0 Å². The van der Waals surface area contributed by atoms with Crippen molar-refractivity contribution in [3.05, 3.63) is 62.9 Å². The topological polar surface area (TPSA) is 68.7 Å². The summed E-state index contributed by atoms with van der Waals surface area (Å²) in [6.45, 7) is 5.96. The Balaban J connectivity index is 2.15. The third kappa shape index (κ3) is 5.87. The maximum Gasteiger partial charge on any atom is 0.334 e. The minimum absolute atomic E-state index is 0.117. The molecule has 3 rings (SSSR count). The van der Waals surface area contributed by atoms with Gasteiger partial charge in [-0.3, -0.25) is 9.78 Å². The van der Waals surface area contributed by atoms with Crippen LogP contribution in [0.4, 0.5) is 5.69 Å². The van der Waals surface area contributed by atoms with Crippen molar-refractivity contribution in [3.8, 4) is 5.75 Å². The van der Waals surface area contributed by atoms with Crippen molar-refractivity contribution in [2.45, 2.75) is 59.1 Å². The highest BCUT2D eigenvalue weighted by atomic mass is 35.5. The zero-order valence-electron chi connectivity index (χ0n) is 19.3. The summed E-state index contributed by atoms with van der Waals surface area (Å²) >= 11 is 12.9. The quantitative estimate of drug-likeness (QED) is 0.441. The van der Waals surface area contributed by atoms with E-state index in [1.807, 2.05) is 26.8 Å². The number of hydrogen-bond acceptors (Lipinski definition) is 5. The molecule has 6 nitrogen and oxygen atoms in total. The molecule has 0 radical (unpaired) electrons. The molecule has 1 aliphatic rings. The molecular formula is C25H28Cl2N2O4. The van der Waals surface area contributed by atoms with Crippen molar-refractivity contribution in [3.63, 3.8) is 0 Å². The van der Waals surface area contributed by atoms with E-state index in [0.717, 1.165) is 24.0 Å². The Labute approximate surface area is 204 Å². The number of anilines is 1. The number of aryl methyl sites for hydroxylation is 1. The number of nitrogens with zero attached hydrogens (tertiary/aromatic N) is 2. The number of benzene rings is 1. The van der Waals surface area contributed by atoms with Crippen LogP contribution in [0, 0.1) is 6.92 Å². The Bertz CT molecular complexity index is 1080. The van der Waals surface area contributed by atoms with E-state index < -0.39 is 5.97 Å². The summed E-state index contributed by atoms with van der Waals surface area (Å²) in [5, 5.41) is 0.663. The molecule has 8 heteroatoms. The molecule has 0 atom stereocenters. The number of halogens is 2. The fourth-order valence-corrected chi connectivity index (χ4v) is 4.35. The van der Waals surface area contributed by atoms with E-state index in [2.05, 4.69) is 4.98 Å². The summed E-state index contributed by atoms with van der Waals surface area (Å²) in [6.07, 6.45) is 5.95. The van der Waals surface area contributed by atoms with E-state index in [4.69, 9.17) is 32.7 Å². The van der Waals surface area contributed by atoms with Crippen molar-refractivity contribution >= 4 is 40.8 Å². The molecule has 176 valence electrons. The van der Waals surface area contributed by atoms with Crippen molar-refractivity contribution < 1.29 is 19.1 Å². The van der Waals surface area contributed by atoms with Gasteiger partial charge >= 0.3 is 5.97 Å². The van der Waals surface area contributed by atoms with Gasteiger partial charge in [0.2, 0.25) is 0 Å². The molecule has 0 fully saturated rings. The van der Waals surface area contributed by atoms with Gasteiger partial charge in [0.1, 0.15) is 5.75 Å². The number of aromatic nitrogens is 1. The summed E-state index contributed by atoms with van der Waals surface area (Å²) in [5.41, 5.74) is 3.17. The Morgan fingerprint density at radius 2 is 1.82 bits per heavy atom. The lowest BCUT2D eigenvalue weighted by atomic mass is 9.90. The molecule has 0 N–H and O–H groups in total. The number of carbonyl (C=O) groups is 2. The molecule has 1 aromatic heterocycles.